The van der Waals surface area contributed by atoms with E-state index in [-0.39, 0.29) is 30.1 Å². The van der Waals surface area contributed by atoms with Crippen LogP contribution in [0.15, 0.2) is 0 Å². The van der Waals surface area contributed by atoms with Crippen LogP contribution in [0.25, 0.3) is 0 Å². The zero-order valence-electron chi connectivity index (χ0n) is 12.3. The second-order valence-corrected chi connectivity index (χ2v) is 5.63. The highest BCUT2D eigenvalue weighted by molar-refractivity contribution is 5.97. The van der Waals surface area contributed by atoms with E-state index in [4.69, 9.17) is 0 Å². The van der Waals surface area contributed by atoms with Gasteiger partial charge in [-0.15, -0.1) is 0 Å². The summed E-state index contributed by atoms with van der Waals surface area (Å²) >= 11 is 0. The minimum Gasteiger partial charge on any atom is -0.342 e. The zero-order valence-corrected chi connectivity index (χ0v) is 12.3. The van der Waals surface area contributed by atoms with Gasteiger partial charge in [-0.3, -0.25) is 14.0 Å². The Morgan fingerprint density at radius 1 is 1.32 bits per heavy atom. The maximum absolute atomic E-state index is 12.4. The molecule has 110 valence electrons. The molecule has 1 rings (SSSR count). The van der Waals surface area contributed by atoms with E-state index in [2.05, 4.69) is 5.32 Å². The summed E-state index contributed by atoms with van der Waals surface area (Å²) in [5.74, 6) is -0.0567. The first-order valence-electron chi connectivity index (χ1n) is 7.10. The Labute approximate surface area is 114 Å². The van der Waals surface area contributed by atoms with Crippen LogP contribution < -0.4 is 5.32 Å². The number of carbonyl (C=O) groups is 2. The number of nitrogens with zero attached hydrogens (tertiary/aromatic N) is 1. The highest BCUT2D eigenvalue weighted by Crippen LogP contribution is 2.22. The fourth-order valence-corrected chi connectivity index (χ4v) is 2.48. The average Bonchev–Trinajstić information content (AvgIpc) is 2.37. The molecule has 0 aromatic rings. The SMILES string of the molecule is CCC(C)C1C(=O)NC(C(C)C)C(=O)N1CCCF. The van der Waals surface area contributed by atoms with Gasteiger partial charge in [-0.1, -0.05) is 34.1 Å². The van der Waals surface area contributed by atoms with Crippen LogP contribution in [0.3, 0.4) is 0 Å². The number of rotatable bonds is 6. The number of hydrogen-bond donors (Lipinski definition) is 1. The topological polar surface area (TPSA) is 49.4 Å². The minimum absolute atomic E-state index is 0.0437. The summed E-state index contributed by atoms with van der Waals surface area (Å²) < 4.78 is 12.4. The molecule has 1 aliphatic heterocycles. The van der Waals surface area contributed by atoms with Crippen LogP contribution in [0.1, 0.15) is 40.5 Å². The second-order valence-electron chi connectivity index (χ2n) is 5.63. The maximum Gasteiger partial charge on any atom is 0.246 e. The smallest absolute Gasteiger partial charge is 0.246 e. The van der Waals surface area contributed by atoms with Crippen molar-refractivity contribution in [3.63, 3.8) is 0 Å². The largest absolute Gasteiger partial charge is 0.342 e. The second kappa shape index (κ2) is 6.87. The van der Waals surface area contributed by atoms with Crippen molar-refractivity contribution in [1.29, 1.82) is 0 Å². The molecule has 1 aliphatic rings. The molecule has 4 nitrogen and oxygen atoms in total. The van der Waals surface area contributed by atoms with Crippen molar-refractivity contribution in [2.75, 3.05) is 13.2 Å². The fourth-order valence-electron chi connectivity index (χ4n) is 2.48. The van der Waals surface area contributed by atoms with Crippen molar-refractivity contribution in [3.05, 3.63) is 0 Å². The number of nitrogens with one attached hydrogen (secondary N) is 1. The normalized spacial score (nSPS) is 25.7. The van der Waals surface area contributed by atoms with Gasteiger partial charge in [-0.2, -0.15) is 0 Å². The molecule has 0 aliphatic carbocycles. The molecule has 1 N–H and O–H groups in total. The zero-order chi connectivity index (χ0) is 14.6. The van der Waals surface area contributed by atoms with E-state index >= 15 is 0 Å². The van der Waals surface area contributed by atoms with E-state index < -0.39 is 18.8 Å². The van der Waals surface area contributed by atoms with Crippen LogP contribution in [-0.2, 0) is 9.59 Å². The molecule has 2 amide bonds. The third kappa shape index (κ3) is 3.45. The van der Waals surface area contributed by atoms with E-state index in [1.807, 2.05) is 27.7 Å². The van der Waals surface area contributed by atoms with Crippen molar-refractivity contribution in [3.8, 4) is 0 Å². The summed E-state index contributed by atoms with van der Waals surface area (Å²) in [5.41, 5.74) is 0. The summed E-state index contributed by atoms with van der Waals surface area (Å²) in [5, 5.41) is 2.81. The molecule has 3 unspecified atom stereocenters. The van der Waals surface area contributed by atoms with E-state index in [1.165, 1.54) is 0 Å². The summed E-state index contributed by atoms with van der Waals surface area (Å²) in [4.78, 5) is 26.2. The predicted molar refractivity (Wildman–Crippen MR) is 72.3 cm³/mol. The van der Waals surface area contributed by atoms with E-state index in [1.54, 1.807) is 4.90 Å². The van der Waals surface area contributed by atoms with Gasteiger partial charge in [0, 0.05) is 6.54 Å². The molecule has 1 saturated heterocycles. The van der Waals surface area contributed by atoms with Crippen LogP contribution in [-0.4, -0.2) is 42.0 Å². The van der Waals surface area contributed by atoms with E-state index in [0.29, 0.717) is 6.54 Å². The molecular weight excluding hydrogens is 247 g/mol. The quantitative estimate of drug-likeness (QED) is 0.800. The Balaban J connectivity index is 2.96. The molecule has 0 aromatic heterocycles. The lowest BCUT2D eigenvalue weighted by Gasteiger charge is -2.42. The minimum atomic E-state index is -0.479. The molecule has 0 aromatic carbocycles. The van der Waals surface area contributed by atoms with Crippen LogP contribution in [0.4, 0.5) is 4.39 Å². The highest BCUT2D eigenvalue weighted by atomic mass is 19.1. The Morgan fingerprint density at radius 3 is 2.42 bits per heavy atom. The summed E-state index contributed by atoms with van der Waals surface area (Å²) in [6.07, 6.45) is 1.10. The Bertz CT molecular complexity index is 333. The van der Waals surface area contributed by atoms with Crippen molar-refractivity contribution < 1.29 is 14.0 Å². The molecule has 19 heavy (non-hydrogen) atoms. The average molecular weight is 272 g/mol. The van der Waals surface area contributed by atoms with Crippen molar-refractivity contribution in [2.45, 2.75) is 52.6 Å². The number of hydrogen-bond acceptors (Lipinski definition) is 2. The first-order chi connectivity index (χ1) is 8.93. The lowest BCUT2D eigenvalue weighted by Crippen LogP contribution is -2.66. The molecule has 0 spiro atoms. The van der Waals surface area contributed by atoms with Gasteiger partial charge in [0.25, 0.3) is 0 Å². The van der Waals surface area contributed by atoms with Crippen molar-refractivity contribution in [1.82, 2.24) is 10.2 Å². The van der Waals surface area contributed by atoms with Gasteiger partial charge < -0.3 is 10.2 Å². The standard InChI is InChI=1S/C14H25FN2O2/c1-5-10(4)12-13(18)16-11(9(2)3)14(19)17(12)8-6-7-15/h9-12H,5-8H2,1-4H3,(H,16,18). The molecule has 0 radical (unpaired) electrons. The lowest BCUT2D eigenvalue weighted by atomic mass is 9.90. The van der Waals surface area contributed by atoms with Gasteiger partial charge >= 0.3 is 0 Å². The van der Waals surface area contributed by atoms with Gasteiger partial charge in [-0.05, 0) is 18.3 Å². The monoisotopic (exact) mass is 272 g/mol. The molecule has 0 saturated carbocycles. The van der Waals surface area contributed by atoms with Crippen molar-refractivity contribution >= 4 is 11.8 Å². The first-order valence-corrected chi connectivity index (χ1v) is 7.10. The van der Waals surface area contributed by atoms with Crippen LogP contribution in [0, 0.1) is 11.8 Å². The molecule has 1 fully saturated rings. The Kier molecular flexibility index (Phi) is 5.76. The number of amides is 2. The van der Waals surface area contributed by atoms with E-state index in [9.17, 15) is 14.0 Å². The first kappa shape index (κ1) is 15.9. The maximum atomic E-state index is 12.4. The lowest BCUT2D eigenvalue weighted by molar-refractivity contribution is -0.152. The molecule has 5 heteroatoms. The van der Waals surface area contributed by atoms with Crippen molar-refractivity contribution in [2.24, 2.45) is 11.8 Å². The predicted octanol–water partition coefficient (Wildman–Crippen LogP) is 1.74. The number of alkyl halides is 1. The van der Waals surface area contributed by atoms with Crippen LogP contribution in [0.5, 0.6) is 0 Å². The van der Waals surface area contributed by atoms with Gasteiger partial charge in [0.1, 0.15) is 12.1 Å². The Hall–Kier alpha value is -1.13. The number of halogens is 1. The molecular formula is C14H25FN2O2. The highest BCUT2D eigenvalue weighted by Gasteiger charge is 2.43. The Morgan fingerprint density at radius 2 is 1.95 bits per heavy atom. The third-order valence-corrected chi connectivity index (χ3v) is 3.83. The number of piperazine rings is 1. The molecule has 3 atom stereocenters. The molecule has 1 heterocycles. The van der Waals surface area contributed by atoms with Gasteiger partial charge in [0.05, 0.1) is 6.67 Å². The third-order valence-electron chi connectivity index (χ3n) is 3.83. The van der Waals surface area contributed by atoms with Gasteiger partial charge in [-0.25, -0.2) is 0 Å². The number of carbonyl (C=O) groups excluding carboxylic acids is 2. The fraction of sp³-hybridized carbons (Fsp3) is 0.857. The van der Waals surface area contributed by atoms with Gasteiger partial charge in [0.2, 0.25) is 11.8 Å². The summed E-state index contributed by atoms with van der Waals surface area (Å²) in [6, 6.07) is -0.938. The summed E-state index contributed by atoms with van der Waals surface area (Å²) in [7, 11) is 0. The summed E-state index contributed by atoms with van der Waals surface area (Å²) in [6.45, 7) is 7.60. The van der Waals surface area contributed by atoms with Crippen LogP contribution in [0.2, 0.25) is 0 Å². The van der Waals surface area contributed by atoms with Crippen LogP contribution >= 0.6 is 0 Å². The molecule has 0 bridgehead atoms. The van der Waals surface area contributed by atoms with Gasteiger partial charge in [0.15, 0.2) is 0 Å². The van der Waals surface area contributed by atoms with E-state index in [0.717, 1.165) is 6.42 Å².